The third-order valence-electron chi connectivity index (χ3n) is 3.73. The zero-order chi connectivity index (χ0) is 15.6. The quantitative estimate of drug-likeness (QED) is 0.806. The molecule has 0 aromatic heterocycles. The van der Waals surface area contributed by atoms with E-state index in [1.54, 1.807) is 25.1 Å². The van der Waals surface area contributed by atoms with Crippen molar-refractivity contribution in [2.75, 3.05) is 31.1 Å². The van der Waals surface area contributed by atoms with Crippen molar-refractivity contribution in [2.45, 2.75) is 17.9 Å². The molecule has 0 radical (unpaired) electrons. The number of nitrogens with zero attached hydrogens (tertiary/aromatic N) is 2. The molecule has 21 heavy (non-hydrogen) atoms. The number of hydrogen-bond acceptors (Lipinski definition) is 5. The summed E-state index contributed by atoms with van der Waals surface area (Å²) < 4.78 is 23.2. The van der Waals surface area contributed by atoms with Crippen molar-refractivity contribution < 1.29 is 18.3 Å². The van der Waals surface area contributed by atoms with Gasteiger partial charge in [-0.25, -0.2) is 13.6 Å². The summed E-state index contributed by atoms with van der Waals surface area (Å²) in [7, 11) is -3.78. The second-order valence-electron chi connectivity index (χ2n) is 5.05. The number of aliphatic carboxylic acids is 1. The predicted molar refractivity (Wildman–Crippen MR) is 78.7 cm³/mol. The maximum Gasteiger partial charge on any atom is 0.320 e. The smallest absolute Gasteiger partial charge is 0.320 e. The minimum Gasteiger partial charge on any atom is -0.480 e. The Hall–Kier alpha value is -1.64. The third-order valence-corrected chi connectivity index (χ3v) is 4.69. The number of sulfonamides is 1. The van der Waals surface area contributed by atoms with Gasteiger partial charge in [-0.2, -0.15) is 0 Å². The monoisotopic (exact) mass is 313 g/mol. The van der Waals surface area contributed by atoms with Crippen LogP contribution in [0.15, 0.2) is 29.2 Å². The van der Waals surface area contributed by atoms with Crippen molar-refractivity contribution in [1.29, 1.82) is 0 Å². The first-order valence-electron chi connectivity index (χ1n) is 6.64. The number of primary sulfonamides is 1. The van der Waals surface area contributed by atoms with E-state index in [-0.39, 0.29) is 4.90 Å². The summed E-state index contributed by atoms with van der Waals surface area (Å²) >= 11 is 0. The highest BCUT2D eigenvalue weighted by Crippen LogP contribution is 2.25. The Kier molecular flexibility index (Phi) is 4.50. The Bertz CT molecular complexity index is 624. The summed E-state index contributed by atoms with van der Waals surface area (Å²) in [5, 5.41) is 14.3. The Morgan fingerprint density at radius 3 is 2.33 bits per heavy atom. The van der Waals surface area contributed by atoms with Crippen LogP contribution in [0.5, 0.6) is 0 Å². The zero-order valence-electron chi connectivity index (χ0n) is 11.8. The Labute approximate surface area is 124 Å². The summed E-state index contributed by atoms with van der Waals surface area (Å²) in [6, 6.07) is 6.05. The number of carbonyl (C=O) groups is 1. The first-order chi connectivity index (χ1) is 9.80. The molecule has 1 aromatic carbocycles. The number of anilines is 1. The van der Waals surface area contributed by atoms with Gasteiger partial charge in [0.1, 0.15) is 10.9 Å². The second kappa shape index (κ2) is 6.00. The van der Waals surface area contributed by atoms with E-state index in [2.05, 4.69) is 0 Å². The van der Waals surface area contributed by atoms with Crippen LogP contribution in [-0.4, -0.2) is 56.6 Å². The molecule has 0 amide bonds. The number of piperazine rings is 1. The molecule has 3 N–H and O–H groups in total. The van der Waals surface area contributed by atoms with Crippen LogP contribution in [0.4, 0.5) is 5.69 Å². The molecule has 1 fully saturated rings. The molecule has 0 spiro atoms. The van der Waals surface area contributed by atoms with E-state index in [1.165, 1.54) is 6.07 Å². The van der Waals surface area contributed by atoms with Crippen molar-refractivity contribution in [3.8, 4) is 0 Å². The van der Waals surface area contributed by atoms with E-state index in [0.717, 1.165) is 0 Å². The van der Waals surface area contributed by atoms with Gasteiger partial charge in [0, 0.05) is 26.2 Å². The summed E-state index contributed by atoms with van der Waals surface area (Å²) in [5.41, 5.74) is 0.572. The lowest BCUT2D eigenvalue weighted by atomic mass is 10.2. The highest BCUT2D eigenvalue weighted by Gasteiger charge is 2.27. The van der Waals surface area contributed by atoms with Crippen LogP contribution in [0, 0.1) is 0 Å². The van der Waals surface area contributed by atoms with Crippen molar-refractivity contribution in [2.24, 2.45) is 5.14 Å². The molecule has 1 aliphatic heterocycles. The van der Waals surface area contributed by atoms with E-state index >= 15 is 0 Å². The lowest BCUT2D eigenvalue weighted by Crippen LogP contribution is -2.52. The van der Waals surface area contributed by atoms with Crippen LogP contribution in [-0.2, 0) is 14.8 Å². The van der Waals surface area contributed by atoms with E-state index in [1.807, 2.05) is 9.80 Å². The highest BCUT2D eigenvalue weighted by molar-refractivity contribution is 7.89. The average molecular weight is 313 g/mol. The lowest BCUT2D eigenvalue weighted by Gasteiger charge is -2.38. The van der Waals surface area contributed by atoms with Crippen LogP contribution in [0.1, 0.15) is 6.92 Å². The van der Waals surface area contributed by atoms with Gasteiger partial charge in [0.25, 0.3) is 0 Å². The van der Waals surface area contributed by atoms with Gasteiger partial charge in [-0.1, -0.05) is 12.1 Å². The third kappa shape index (κ3) is 3.52. The topological polar surface area (TPSA) is 104 Å². The molecule has 1 atom stereocenters. The molecular formula is C13H19N3O4S. The second-order valence-corrected chi connectivity index (χ2v) is 6.58. The molecule has 2 rings (SSSR count). The average Bonchev–Trinajstić information content (AvgIpc) is 2.45. The standard InChI is InChI=1S/C13H19N3O4S/c1-10(13(17)18)15-6-8-16(9-7-15)11-4-2-3-5-12(11)21(14,19)20/h2-5,10H,6-9H2,1H3,(H,17,18)(H2,14,19,20). The molecule has 1 unspecified atom stereocenters. The number of rotatable bonds is 4. The fourth-order valence-corrected chi connectivity index (χ4v) is 3.22. The van der Waals surface area contributed by atoms with Crippen LogP contribution in [0.2, 0.25) is 0 Å². The van der Waals surface area contributed by atoms with Crippen LogP contribution in [0.3, 0.4) is 0 Å². The fourth-order valence-electron chi connectivity index (χ4n) is 2.47. The van der Waals surface area contributed by atoms with E-state index in [9.17, 15) is 13.2 Å². The SMILES string of the molecule is CC(C(=O)O)N1CCN(c2ccccc2S(N)(=O)=O)CC1. The Balaban J connectivity index is 2.15. The molecule has 0 saturated carbocycles. The van der Waals surface area contributed by atoms with Gasteiger partial charge in [-0.05, 0) is 19.1 Å². The summed E-state index contributed by atoms with van der Waals surface area (Å²) in [4.78, 5) is 14.9. The minimum atomic E-state index is -3.78. The molecular weight excluding hydrogens is 294 g/mol. The van der Waals surface area contributed by atoms with Crippen molar-refractivity contribution in [1.82, 2.24) is 4.90 Å². The Morgan fingerprint density at radius 1 is 1.24 bits per heavy atom. The maximum absolute atomic E-state index is 11.6. The van der Waals surface area contributed by atoms with Crippen LogP contribution >= 0.6 is 0 Å². The molecule has 1 saturated heterocycles. The van der Waals surface area contributed by atoms with Gasteiger partial charge in [-0.3, -0.25) is 9.69 Å². The first-order valence-corrected chi connectivity index (χ1v) is 8.19. The van der Waals surface area contributed by atoms with Gasteiger partial charge in [0.2, 0.25) is 10.0 Å². The van der Waals surface area contributed by atoms with Crippen molar-refractivity contribution in [3.05, 3.63) is 24.3 Å². The number of nitrogens with two attached hydrogens (primary N) is 1. The number of benzene rings is 1. The number of para-hydroxylation sites is 1. The van der Waals surface area contributed by atoms with Gasteiger partial charge in [0.15, 0.2) is 0 Å². The highest BCUT2D eigenvalue weighted by atomic mass is 32.2. The van der Waals surface area contributed by atoms with Crippen LogP contribution in [0.25, 0.3) is 0 Å². The van der Waals surface area contributed by atoms with Gasteiger partial charge < -0.3 is 10.0 Å². The minimum absolute atomic E-state index is 0.102. The van der Waals surface area contributed by atoms with Gasteiger partial charge >= 0.3 is 5.97 Å². The molecule has 0 bridgehead atoms. The fraction of sp³-hybridized carbons (Fsp3) is 0.462. The Morgan fingerprint density at radius 2 is 1.81 bits per heavy atom. The number of carboxylic acid groups (broad SMARTS) is 1. The molecule has 8 heteroatoms. The van der Waals surface area contributed by atoms with E-state index < -0.39 is 22.0 Å². The predicted octanol–water partition coefficient (Wildman–Crippen LogP) is -0.0709. The summed E-state index contributed by atoms with van der Waals surface area (Å²) in [5.74, 6) is -0.853. The van der Waals surface area contributed by atoms with Gasteiger partial charge in [-0.15, -0.1) is 0 Å². The lowest BCUT2D eigenvalue weighted by molar-refractivity contribution is -0.142. The molecule has 1 heterocycles. The number of hydrogen-bond donors (Lipinski definition) is 2. The summed E-state index contributed by atoms with van der Waals surface area (Å²) in [6.07, 6.45) is 0. The molecule has 1 aromatic rings. The largest absolute Gasteiger partial charge is 0.480 e. The molecule has 7 nitrogen and oxygen atoms in total. The maximum atomic E-state index is 11.6. The van der Waals surface area contributed by atoms with E-state index in [0.29, 0.717) is 31.9 Å². The van der Waals surface area contributed by atoms with E-state index in [4.69, 9.17) is 10.2 Å². The summed E-state index contributed by atoms with van der Waals surface area (Å²) in [6.45, 7) is 3.89. The van der Waals surface area contributed by atoms with Crippen molar-refractivity contribution in [3.63, 3.8) is 0 Å². The normalized spacial score (nSPS) is 18.5. The van der Waals surface area contributed by atoms with Crippen molar-refractivity contribution >= 4 is 21.7 Å². The van der Waals surface area contributed by atoms with Crippen LogP contribution < -0.4 is 10.0 Å². The van der Waals surface area contributed by atoms with Gasteiger partial charge in [0.05, 0.1) is 5.69 Å². The zero-order valence-corrected chi connectivity index (χ0v) is 12.6. The first kappa shape index (κ1) is 15.7. The number of carboxylic acids is 1. The molecule has 0 aliphatic carbocycles. The molecule has 116 valence electrons. The molecule has 1 aliphatic rings.